The van der Waals surface area contributed by atoms with Gasteiger partial charge in [-0.15, -0.1) is 0 Å². The molecule has 1 aliphatic carbocycles. The van der Waals surface area contributed by atoms with Crippen LogP contribution in [0.2, 0.25) is 0 Å². The number of ether oxygens (including phenoxy) is 1. The van der Waals surface area contributed by atoms with Gasteiger partial charge >= 0.3 is 0 Å². The number of aryl methyl sites for hydroxylation is 1. The van der Waals surface area contributed by atoms with Crippen molar-refractivity contribution in [1.82, 2.24) is 5.32 Å². The Balaban J connectivity index is 1.83. The van der Waals surface area contributed by atoms with Gasteiger partial charge < -0.3 is 15.4 Å². The van der Waals surface area contributed by atoms with E-state index in [0.29, 0.717) is 23.6 Å². The van der Waals surface area contributed by atoms with E-state index in [0.717, 1.165) is 18.7 Å². The summed E-state index contributed by atoms with van der Waals surface area (Å²) in [7, 11) is 1.66. The normalized spacial score (nSPS) is 29.4. The second-order valence-electron chi connectivity index (χ2n) is 6.80. The molecule has 114 valence electrons. The molecule has 2 fully saturated rings. The standard InChI is InChI=1S/C17H24N2O2/c1-10-5-6-11(16(20)18-4)9-13(10)19-14-12-7-8-21-15(12)17(14,2)3/h5-6,9,12,14-15,19H,7-8H2,1-4H3,(H,18,20). The predicted octanol–water partition coefficient (Wildman–Crippen LogP) is 2.58. The number of anilines is 1. The molecule has 0 radical (unpaired) electrons. The van der Waals surface area contributed by atoms with Crippen molar-refractivity contribution in [3.05, 3.63) is 29.3 Å². The first kappa shape index (κ1) is 14.4. The van der Waals surface area contributed by atoms with Crippen molar-refractivity contribution >= 4 is 11.6 Å². The first-order valence-electron chi connectivity index (χ1n) is 7.66. The third kappa shape index (κ3) is 2.22. The molecule has 3 atom stereocenters. The molecular weight excluding hydrogens is 264 g/mol. The third-order valence-electron chi connectivity index (χ3n) is 5.14. The molecule has 0 spiro atoms. The van der Waals surface area contributed by atoms with Crippen LogP contribution in [0.3, 0.4) is 0 Å². The van der Waals surface area contributed by atoms with E-state index in [9.17, 15) is 4.79 Å². The Bertz CT molecular complexity index is 568. The van der Waals surface area contributed by atoms with Crippen LogP contribution in [0, 0.1) is 18.3 Å². The van der Waals surface area contributed by atoms with Crippen LogP contribution < -0.4 is 10.6 Å². The summed E-state index contributed by atoms with van der Waals surface area (Å²) in [4.78, 5) is 11.8. The number of nitrogens with one attached hydrogen (secondary N) is 2. The molecule has 1 aromatic carbocycles. The number of fused-ring (bicyclic) bond motifs is 1. The molecule has 4 heteroatoms. The SMILES string of the molecule is CNC(=O)c1ccc(C)c(NC2C3CCOC3C2(C)C)c1. The molecule has 21 heavy (non-hydrogen) atoms. The fourth-order valence-corrected chi connectivity index (χ4v) is 3.85. The summed E-state index contributed by atoms with van der Waals surface area (Å²) in [6.07, 6.45) is 1.50. The minimum Gasteiger partial charge on any atom is -0.381 e. The van der Waals surface area contributed by atoms with Crippen molar-refractivity contribution in [3.63, 3.8) is 0 Å². The van der Waals surface area contributed by atoms with E-state index in [1.165, 1.54) is 5.56 Å². The van der Waals surface area contributed by atoms with Crippen LogP contribution >= 0.6 is 0 Å². The molecule has 2 aliphatic rings. The summed E-state index contributed by atoms with van der Waals surface area (Å²) >= 11 is 0. The Hall–Kier alpha value is -1.55. The summed E-state index contributed by atoms with van der Waals surface area (Å²) in [5.41, 5.74) is 3.05. The van der Waals surface area contributed by atoms with Gasteiger partial charge in [-0.2, -0.15) is 0 Å². The minimum atomic E-state index is -0.0482. The molecule has 0 bridgehead atoms. The van der Waals surface area contributed by atoms with E-state index < -0.39 is 0 Å². The van der Waals surface area contributed by atoms with E-state index in [2.05, 4.69) is 31.4 Å². The highest BCUT2D eigenvalue weighted by molar-refractivity contribution is 5.95. The lowest BCUT2D eigenvalue weighted by atomic mass is 9.57. The van der Waals surface area contributed by atoms with Crippen LogP contribution in [0.15, 0.2) is 18.2 Å². The Morgan fingerprint density at radius 1 is 1.38 bits per heavy atom. The Morgan fingerprint density at radius 2 is 2.14 bits per heavy atom. The molecule has 1 saturated heterocycles. The van der Waals surface area contributed by atoms with Crippen LogP contribution in [-0.2, 0) is 4.74 Å². The molecule has 1 heterocycles. The van der Waals surface area contributed by atoms with Gasteiger partial charge in [-0.3, -0.25) is 4.79 Å². The zero-order chi connectivity index (χ0) is 15.2. The van der Waals surface area contributed by atoms with Crippen molar-refractivity contribution < 1.29 is 9.53 Å². The number of hydrogen-bond acceptors (Lipinski definition) is 3. The number of hydrogen-bond donors (Lipinski definition) is 2. The number of amides is 1. The average molecular weight is 288 g/mol. The highest BCUT2D eigenvalue weighted by Crippen LogP contribution is 2.53. The Morgan fingerprint density at radius 3 is 2.86 bits per heavy atom. The van der Waals surface area contributed by atoms with Crippen LogP contribution in [0.25, 0.3) is 0 Å². The first-order chi connectivity index (χ1) is 9.95. The molecule has 1 saturated carbocycles. The summed E-state index contributed by atoms with van der Waals surface area (Å²) in [6, 6.07) is 6.23. The Labute approximate surface area is 126 Å². The molecule has 3 unspecified atom stereocenters. The van der Waals surface area contributed by atoms with Crippen LogP contribution in [0.5, 0.6) is 0 Å². The Kier molecular flexibility index (Phi) is 3.44. The summed E-state index contributed by atoms with van der Waals surface area (Å²) in [5, 5.41) is 6.34. The molecule has 2 N–H and O–H groups in total. The van der Waals surface area contributed by atoms with E-state index in [4.69, 9.17) is 4.74 Å². The number of rotatable bonds is 3. The summed E-state index contributed by atoms with van der Waals surface area (Å²) in [5.74, 6) is 0.538. The predicted molar refractivity (Wildman–Crippen MR) is 83.6 cm³/mol. The van der Waals surface area contributed by atoms with Gasteiger partial charge in [-0.05, 0) is 31.0 Å². The van der Waals surface area contributed by atoms with Gasteiger partial charge in [0.15, 0.2) is 0 Å². The van der Waals surface area contributed by atoms with Gasteiger partial charge in [0.25, 0.3) is 5.91 Å². The molecule has 4 nitrogen and oxygen atoms in total. The highest BCUT2D eigenvalue weighted by atomic mass is 16.5. The van der Waals surface area contributed by atoms with Crippen molar-refractivity contribution in [2.75, 3.05) is 19.0 Å². The molecule has 1 aromatic rings. The lowest BCUT2D eigenvalue weighted by Crippen LogP contribution is -2.63. The summed E-state index contributed by atoms with van der Waals surface area (Å²) < 4.78 is 5.84. The van der Waals surface area contributed by atoms with Crippen molar-refractivity contribution in [1.29, 1.82) is 0 Å². The van der Waals surface area contributed by atoms with Gasteiger partial charge in [-0.25, -0.2) is 0 Å². The number of carbonyl (C=O) groups is 1. The van der Waals surface area contributed by atoms with E-state index in [1.807, 2.05) is 18.2 Å². The fourth-order valence-electron chi connectivity index (χ4n) is 3.85. The maximum atomic E-state index is 11.8. The fraction of sp³-hybridized carbons (Fsp3) is 0.588. The first-order valence-corrected chi connectivity index (χ1v) is 7.66. The maximum Gasteiger partial charge on any atom is 0.251 e. The second kappa shape index (κ2) is 5.02. The van der Waals surface area contributed by atoms with Crippen LogP contribution in [-0.4, -0.2) is 31.7 Å². The van der Waals surface area contributed by atoms with Gasteiger partial charge in [0.2, 0.25) is 0 Å². The third-order valence-corrected chi connectivity index (χ3v) is 5.14. The quantitative estimate of drug-likeness (QED) is 0.899. The minimum absolute atomic E-state index is 0.0482. The van der Waals surface area contributed by atoms with Crippen molar-refractivity contribution in [3.8, 4) is 0 Å². The number of carbonyl (C=O) groups excluding carboxylic acids is 1. The zero-order valence-corrected chi connectivity index (χ0v) is 13.2. The van der Waals surface area contributed by atoms with Crippen LogP contribution in [0.4, 0.5) is 5.69 Å². The monoisotopic (exact) mass is 288 g/mol. The topological polar surface area (TPSA) is 50.4 Å². The van der Waals surface area contributed by atoms with E-state index >= 15 is 0 Å². The molecule has 3 rings (SSSR count). The van der Waals surface area contributed by atoms with Gasteiger partial charge in [-0.1, -0.05) is 19.9 Å². The molecule has 0 aromatic heterocycles. The van der Waals surface area contributed by atoms with Crippen molar-refractivity contribution in [2.45, 2.75) is 39.3 Å². The largest absolute Gasteiger partial charge is 0.381 e. The lowest BCUT2D eigenvalue weighted by Gasteiger charge is -2.55. The summed E-state index contributed by atoms with van der Waals surface area (Å²) in [6.45, 7) is 7.46. The molecule has 1 aliphatic heterocycles. The van der Waals surface area contributed by atoms with E-state index in [1.54, 1.807) is 7.05 Å². The van der Waals surface area contributed by atoms with Gasteiger partial charge in [0, 0.05) is 42.3 Å². The van der Waals surface area contributed by atoms with Gasteiger partial charge in [0.05, 0.1) is 6.10 Å². The zero-order valence-electron chi connectivity index (χ0n) is 13.2. The second-order valence-corrected chi connectivity index (χ2v) is 6.80. The lowest BCUT2D eigenvalue weighted by molar-refractivity contribution is -0.0923. The van der Waals surface area contributed by atoms with Crippen molar-refractivity contribution in [2.24, 2.45) is 11.3 Å². The average Bonchev–Trinajstić information content (AvgIpc) is 2.92. The highest BCUT2D eigenvalue weighted by Gasteiger charge is 2.59. The van der Waals surface area contributed by atoms with Crippen LogP contribution in [0.1, 0.15) is 36.2 Å². The van der Waals surface area contributed by atoms with E-state index in [-0.39, 0.29) is 11.3 Å². The molecular formula is C17H24N2O2. The smallest absolute Gasteiger partial charge is 0.251 e. The number of benzene rings is 1. The molecule has 1 amide bonds. The van der Waals surface area contributed by atoms with Gasteiger partial charge in [0.1, 0.15) is 0 Å². The maximum absolute atomic E-state index is 11.8.